The Balaban J connectivity index is 0.00000220. The molecule has 2 rings (SSSR count). The van der Waals surface area contributed by atoms with E-state index in [4.69, 9.17) is 0 Å². The maximum Gasteiger partial charge on any atom is 0.496 e. The monoisotopic (exact) mass is 384 g/mol. The Hall–Kier alpha value is -0.656. The van der Waals surface area contributed by atoms with Crippen molar-refractivity contribution in [1.82, 2.24) is 10.2 Å². The number of carbonyl (C=O) groups excluding carboxylic acids is 3. The number of nitrogens with zero attached hydrogens (tertiary/aromatic N) is 2. The molecule has 1 N–H and O–H groups in total. The molecule has 4 amide bonds. The second kappa shape index (κ2) is 7.07. The van der Waals surface area contributed by atoms with Crippen LogP contribution in [0.1, 0.15) is 20.8 Å². The van der Waals surface area contributed by atoms with Crippen molar-refractivity contribution in [1.29, 1.82) is 0 Å². The number of rotatable bonds is 1. The van der Waals surface area contributed by atoms with Crippen molar-refractivity contribution < 1.29 is 51.7 Å². The summed E-state index contributed by atoms with van der Waals surface area (Å²) in [4.78, 5) is 36.9. The van der Waals surface area contributed by atoms with Crippen molar-refractivity contribution in [2.45, 2.75) is 32.2 Å². The second-order valence-electron chi connectivity index (χ2n) is 4.72. The van der Waals surface area contributed by atoms with Crippen LogP contribution in [0.3, 0.4) is 0 Å². The first-order valence-electron chi connectivity index (χ1n) is 6.24. The van der Waals surface area contributed by atoms with Crippen molar-refractivity contribution in [3.05, 3.63) is 18.2 Å². The number of hydrogen-bond acceptors (Lipinski definition) is 4. The summed E-state index contributed by atoms with van der Waals surface area (Å²) in [5.41, 5.74) is 2.12. The number of hydrogen-bond donors (Lipinski definition) is 1. The summed E-state index contributed by atoms with van der Waals surface area (Å²) < 4.78 is 0.859. The van der Waals surface area contributed by atoms with Crippen LogP contribution in [0.15, 0.2) is 11.3 Å². The third-order valence-corrected chi connectivity index (χ3v) is 4.94. The van der Waals surface area contributed by atoms with Gasteiger partial charge in [-0.25, -0.2) is 5.32 Å². The van der Waals surface area contributed by atoms with E-state index in [1.165, 1.54) is 11.8 Å². The number of β-lactam (4-membered cyclic amide) rings is 1. The van der Waals surface area contributed by atoms with Crippen molar-refractivity contribution in [2.24, 2.45) is 0 Å². The number of amides is 4. The van der Waals surface area contributed by atoms with Gasteiger partial charge in [-0.1, -0.05) is 0 Å². The maximum atomic E-state index is 12.1. The van der Waals surface area contributed by atoms with Gasteiger partial charge in [0, 0.05) is 44.2 Å². The van der Waals surface area contributed by atoms with Crippen LogP contribution in [0, 0.1) is 6.92 Å². The van der Waals surface area contributed by atoms with Gasteiger partial charge in [-0.3, -0.25) is 21.4 Å². The molecule has 0 aromatic heterocycles. The normalized spacial score (nSPS) is 24.8. The number of carbonyl (C=O) groups is 3. The Kier molecular flexibility index (Phi) is 6.19. The summed E-state index contributed by atoms with van der Waals surface area (Å²) >= 11 is 1.61. The zero-order valence-corrected chi connectivity index (χ0v) is 15.9. The first kappa shape index (κ1) is 18.4. The number of thioether (sulfide) groups is 1. The van der Waals surface area contributed by atoms with Crippen molar-refractivity contribution >= 4 is 35.8 Å². The van der Waals surface area contributed by atoms with Crippen LogP contribution in [0.5, 0.6) is 0 Å². The molecule has 2 heterocycles. The van der Waals surface area contributed by atoms with Gasteiger partial charge in [0.25, 0.3) is 5.91 Å². The van der Waals surface area contributed by atoms with Gasteiger partial charge in [0.15, 0.2) is 5.91 Å². The van der Waals surface area contributed by atoms with Crippen molar-refractivity contribution in [2.75, 3.05) is 5.75 Å². The molecular formula is C13H17N3O3SY. The average molecular weight is 384 g/mol. The first-order chi connectivity index (χ1) is 9.38. The zero-order valence-electron chi connectivity index (χ0n) is 12.3. The van der Waals surface area contributed by atoms with Crippen LogP contribution in [0.25, 0.3) is 0 Å². The van der Waals surface area contributed by atoms with Crippen molar-refractivity contribution in [3.63, 3.8) is 0 Å². The minimum absolute atomic E-state index is 0. The van der Waals surface area contributed by atoms with Gasteiger partial charge in [0.05, 0.1) is 6.21 Å². The van der Waals surface area contributed by atoms with E-state index >= 15 is 0 Å². The summed E-state index contributed by atoms with van der Waals surface area (Å²) in [6, 6.07) is -1.20. The molecule has 8 heteroatoms. The number of nitrogens with one attached hydrogen (secondary N) is 1. The number of imide groups is 1. The summed E-state index contributed by atoms with van der Waals surface area (Å²) in [6.07, 6.45) is 1.33. The minimum atomic E-state index is -0.628. The Labute approximate surface area is 153 Å². The van der Waals surface area contributed by atoms with E-state index in [1.807, 2.05) is 13.8 Å². The van der Waals surface area contributed by atoms with E-state index < -0.39 is 18.0 Å². The molecule has 1 saturated heterocycles. The molecule has 1 fully saturated rings. The number of urea groups is 1. The van der Waals surface area contributed by atoms with Crippen LogP contribution in [0.4, 0.5) is 4.79 Å². The molecule has 0 unspecified atom stereocenters. The van der Waals surface area contributed by atoms with Crippen LogP contribution >= 0.6 is 11.8 Å². The fraction of sp³-hybridized carbons (Fsp3) is 0.462. The second-order valence-corrected chi connectivity index (χ2v) is 5.83. The van der Waals surface area contributed by atoms with Gasteiger partial charge in [-0.05, 0) is 26.3 Å². The Morgan fingerprint density at radius 3 is 2.62 bits per heavy atom. The Morgan fingerprint density at radius 2 is 2.10 bits per heavy atom. The predicted octanol–water partition coefficient (Wildman–Crippen LogP) is 0.735. The molecule has 2 aliphatic heterocycles. The van der Waals surface area contributed by atoms with Gasteiger partial charge in [-0.15, -0.1) is 11.8 Å². The molecule has 0 aromatic carbocycles. The smallest absolute Gasteiger partial charge is 0.295 e. The summed E-state index contributed by atoms with van der Waals surface area (Å²) in [6.45, 7) is 8.65. The van der Waals surface area contributed by atoms with Crippen LogP contribution < -0.4 is 5.32 Å². The largest absolute Gasteiger partial charge is 0.496 e. The molecule has 0 spiro atoms. The van der Waals surface area contributed by atoms with E-state index in [-0.39, 0.29) is 44.0 Å². The van der Waals surface area contributed by atoms with E-state index in [0.717, 1.165) is 16.0 Å². The SMILES string of the molecule is [CH2-]C(=O)/[N+](=C/C)C(=O)N[C@@H]1C(=O)N2C(C)=C(C)CS[C@H]12.[Y]. The molecule has 21 heavy (non-hydrogen) atoms. The van der Waals surface area contributed by atoms with Crippen molar-refractivity contribution in [3.8, 4) is 0 Å². The van der Waals surface area contributed by atoms with E-state index in [1.54, 1.807) is 23.6 Å². The quantitative estimate of drug-likeness (QED) is 0.313. The van der Waals surface area contributed by atoms with E-state index in [9.17, 15) is 14.4 Å². The molecule has 0 bridgehead atoms. The van der Waals surface area contributed by atoms with Crippen LogP contribution in [-0.2, 0) is 42.3 Å². The number of allylic oxidation sites excluding steroid dienone is 1. The summed E-state index contributed by atoms with van der Waals surface area (Å²) in [5.74, 6) is 0.0710. The molecule has 2 atom stereocenters. The van der Waals surface area contributed by atoms with Gasteiger partial charge in [-0.2, -0.15) is 9.37 Å². The van der Waals surface area contributed by atoms with Gasteiger partial charge in [0.2, 0.25) is 6.04 Å². The average Bonchev–Trinajstić information content (AvgIpc) is 2.39. The van der Waals surface area contributed by atoms with Gasteiger partial charge in [0.1, 0.15) is 5.37 Å². The fourth-order valence-electron chi connectivity index (χ4n) is 2.22. The van der Waals surface area contributed by atoms with Gasteiger partial charge < -0.3 is 0 Å². The van der Waals surface area contributed by atoms with E-state index in [2.05, 4.69) is 12.2 Å². The maximum absolute atomic E-state index is 12.1. The van der Waals surface area contributed by atoms with Gasteiger partial charge >= 0.3 is 6.03 Å². The van der Waals surface area contributed by atoms with Crippen LogP contribution in [-0.4, -0.2) is 50.7 Å². The molecule has 0 aliphatic carbocycles. The molecular weight excluding hydrogens is 367 g/mol. The standard InChI is InChI=1S/C13H17N3O3S.Y/c1-5-15(9(4)17)13(19)14-10-11(18)16-8(3)7(2)6-20-12(10)16;/h5,10,12H,4,6H2,1-3H3,(H,14,19);/b15-5-;/t10-,12-;/m1./s1. The minimum Gasteiger partial charge on any atom is -0.295 e. The van der Waals surface area contributed by atoms with E-state index in [0.29, 0.717) is 0 Å². The molecule has 0 aromatic rings. The summed E-state index contributed by atoms with van der Waals surface area (Å²) in [5, 5.41) is 2.50. The predicted molar refractivity (Wildman–Crippen MR) is 76.1 cm³/mol. The fourth-order valence-corrected chi connectivity index (χ4v) is 3.64. The Morgan fingerprint density at radius 1 is 1.48 bits per heavy atom. The topological polar surface area (TPSA) is 69.5 Å². The third-order valence-electron chi connectivity index (χ3n) is 3.52. The zero-order chi connectivity index (χ0) is 15.0. The summed E-state index contributed by atoms with van der Waals surface area (Å²) in [7, 11) is 0. The molecule has 2 aliphatic rings. The molecule has 111 valence electrons. The van der Waals surface area contributed by atoms with Crippen LogP contribution in [0.2, 0.25) is 0 Å². The third kappa shape index (κ3) is 3.25. The number of fused-ring (bicyclic) bond motifs is 1. The molecule has 0 saturated carbocycles. The Bertz CT molecular complexity index is 559. The first-order valence-corrected chi connectivity index (χ1v) is 7.29. The molecule has 6 nitrogen and oxygen atoms in total. The molecule has 1 radical (unpaired) electrons.